The summed E-state index contributed by atoms with van der Waals surface area (Å²) >= 11 is 1.32. The Morgan fingerprint density at radius 2 is 2.26 bits per heavy atom. The lowest BCUT2D eigenvalue weighted by atomic mass is 10.1. The summed E-state index contributed by atoms with van der Waals surface area (Å²) in [5.74, 6) is 0.170. The van der Waals surface area contributed by atoms with Crippen molar-refractivity contribution in [3.05, 3.63) is 40.6 Å². The van der Waals surface area contributed by atoms with Crippen LogP contribution in [0.4, 0.5) is 5.13 Å². The molecule has 1 aromatic heterocycles. The Bertz CT molecular complexity index is 825. The van der Waals surface area contributed by atoms with E-state index in [0.29, 0.717) is 28.7 Å². The maximum absolute atomic E-state index is 12.3. The van der Waals surface area contributed by atoms with Crippen molar-refractivity contribution in [1.82, 2.24) is 4.98 Å². The van der Waals surface area contributed by atoms with Gasteiger partial charge in [-0.3, -0.25) is 14.5 Å². The second-order valence-corrected chi connectivity index (χ2v) is 5.78. The van der Waals surface area contributed by atoms with E-state index in [2.05, 4.69) is 4.98 Å². The minimum atomic E-state index is -0.256. The van der Waals surface area contributed by atoms with Crippen molar-refractivity contribution in [1.29, 1.82) is 0 Å². The van der Waals surface area contributed by atoms with Gasteiger partial charge < -0.3 is 9.84 Å². The molecule has 1 aromatic carbocycles. The summed E-state index contributed by atoms with van der Waals surface area (Å²) in [4.78, 5) is 29.7. The first kappa shape index (κ1) is 15.2. The monoisotopic (exact) mass is 330 g/mol. The Labute approximate surface area is 136 Å². The minimum Gasteiger partial charge on any atom is -0.508 e. The van der Waals surface area contributed by atoms with Crippen LogP contribution < -0.4 is 9.64 Å². The van der Waals surface area contributed by atoms with Crippen LogP contribution in [0.5, 0.6) is 11.5 Å². The van der Waals surface area contributed by atoms with E-state index in [1.807, 2.05) is 6.92 Å². The van der Waals surface area contributed by atoms with Gasteiger partial charge in [0, 0.05) is 31.0 Å². The molecule has 0 fully saturated rings. The number of thiazole rings is 1. The van der Waals surface area contributed by atoms with Crippen molar-refractivity contribution in [3.63, 3.8) is 0 Å². The van der Waals surface area contributed by atoms with Crippen molar-refractivity contribution in [3.8, 4) is 11.5 Å². The largest absolute Gasteiger partial charge is 0.508 e. The van der Waals surface area contributed by atoms with Crippen molar-refractivity contribution in [2.45, 2.75) is 13.8 Å². The molecule has 0 bridgehead atoms. The average molecular weight is 330 g/mol. The van der Waals surface area contributed by atoms with Gasteiger partial charge in [-0.15, -0.1) is 11.3 Å². The molecule has 23 heavy (non-hydrogen) atoms. The van der Waals surface area contributed by atoms with E-state index in [0.717, 1.165) is 0 Å². The van der Waals surface area contributed by atoms with Gasteiger partial charge >= 0.3 is 0 Å². The van der Waals surface area contributed by atoms with Crippen LogP contribution >= 0.6 is 11.3 Å². The summed E-state index contributed by atoms with van der Waals surface area (Å²) in [6.07, 6.45) is 1.54. The lowest BCUT2D eigenvalue weighted by Crippen LogP contribution is -2.27. The number of phenolic OH excluding ortho intramolecular Hbond substituents is 1. The van der Waals surface area contributed by atoms with Crippen LogP contribution in [0.2, 0.25) is 0 Å². The van der Waals surface area contributed by atoms with Crippen LogP contribution in [-0.2, 0) is 4.79 Å². The summed E-state index contributed by atoms with van der Waals surface area (Å²) in [5, 5.41) is 11.8. The highest BCUT2D eigenvalue weighted by atomic mass is 32.1. The smallest absolute Gasteiger partial charge is 0.232 e. The molecule has 0 unspecified atom stereocenters. The third-order valence-corrected chi connectivity index (χ3v) is 4.25. The number of ether oxygens (including phenoxy) is 1. The molecule has 7 heteroatoms. The van der Waals surface area contributed by atoms with E-state index in [1.54, 1.807) is 10.3 Å². The average Bonchev–Trinajstić information content (AvgIpc) is 3.06. The number of rotatable bonds is 3. The van der Waals surface area contributed by atoms with E-state index in [-0.39, 0.29) is 23.2 Å². The molecule has 0 saturated carbocycles. The highest BCUT2D eigenvalue weighted by molar-refractivity contribution is 7.14. The zero-order chi connectivity index (χ0) is 16.6. The SMILES string of the molecule is CCN(C(C)=O)c1nc(C=C2Oc3cc(O)ccc3C2=O)cs1. The van der Waals surface area contributed by atoms with Gasteiger partial charge in [0.15, 0.2) is 10.9 Å². The molecule has 1 amide bonds. The van der Waals surface area contributed by atoms with Gasteiger partial charge in [0.1, 0.15) is 11.5 Å². The number of anilines is 1. The number of hydrogen-bond donors (Lipinski definition) is 1. The number of phenols is 1. The molecular formula is C16H14N2O4S. The van der Waals surface area contributed by atoms with Crippen molar-refractivity contribution >= 4 is 34.2 Å². The number of amides is 1. The van der Waals surface area contributed by atoms with Gasteiger partial charge in [-0.2, -0.15) is 0 Å². The number of hydrogen-bond acceptors (Lipinski definition) is 6. The van der Waals surface area contributed by atoms with E-state index in [9.17, 15) is 14.7 Å². The zero-order valence-electron chi connectivity index (χ0n) is 12.6. The van der Waals surface area contributed by atoms with Gasteiger partial charge in [-0.1, -0.05) is 0 Å². The Kier molecular flexibility index (Phi) is 3.87. The fourth-order valence-corrected chi connectivity index (χ4v) is 3.16. The Hall–Kier alpha value is -2.67. The fourth-order valence-electron chi connectivity index (χ4n) is 2.27. The second kappa shape index (κ2) is 5.85. The highest BCUT2D eigenvalue weighted by Gasteiger charge is 2.28. The Morgan fingerprint density at radius 3 is 2.96 bits per heavy atom. The molecule has 0 atom stereocenters. The van der Waals surface area contributed by atoms with Crippen LogP contribution in [0.1, 0.15) is 29.9 Å². The van der Waals surface area contributed by atoms with Crippen LogP contribution in [0.3, 0.4) is 0 Å². The van der Waals surface area contributed by atoms with Crippen molar-refractivity contribution < 1.29 is 19.4 Å². The quantitative estimate of drug-likeness (QED) is 0.875. The number of Topliss-reactive ketones (excluding diaryl/α,β-unsaturated/α-hetero) is 1. The first-order valence-corrected chi connectivity index (χ1v) is 7.88. The first-order valence-electron chi connectivity index (χ1n) is 7.00. The van der Waals surface area contributed by atoms with Crippen LogP contribution in [0.25, 0.3) is 6.08 Å². The van der Waals surface area contributed by atoms with E-state index in [1.165, 1.54) is 42.5 Å². The molecule has 0 saturated heterocycles. The number of allylic oxidation sites excluding steroid dienone is 1. The maximum Gasteiger partial charge on any atom is 0.232 e. The molecule has 0 radical (unpaired) electrons. The molecule has 2 aromatic rings. The van der Waals surface area contributed by atoms with Crippen molar-refractivity contribution in [2.24, 2.45) is 0 Å². The van der Waals surface area contributed by atoms with Gasteiger partial charge in [0.25, 0.3) is 0 Å². The number of aromatic nitrogens is 1. The highest BCUT2D eigenvalue weighted by Crippen LogP contribution is 2.34. The molecule has 2 heterocycles. The van der Waals surface area contributed by atoms with Gasteiger partial charge in [0.05, 0.1) is 11.3 Å². The standard InChI is InChI=1S/C16H14N2O4S/c1-3-18(9(2)19)16-17-10(8-23-16)6-14-15(21)12-5-4-11(20)7-13(12)22-14/h4-8,20H,3H2,1-2H3. The summed E-state index contributed by atoms with van der Waals surface area (Å²) in [7, 11) is 0. The lowest BCUT2D eigenvalue weighted by molar-refractivity contribution is -0.116. The Balaban J connectivity index is 1.88. The van der Waals surface area contributed by atoms with Crippen LogP contribution in [0.15, 0.2) is 29.3 Å². The predicted octanol–water partition coefficient (Wildman–Crippen LogP) is 2.84. The summed E-state index contributed by atoms with van der Waals surface area (Å²) in [6, 6.07) is 4.36. The fraction of sp³-hybridized carbons (Fsp3) is 0.188. The van der Waals surface area contributed by atoms with Gasteiger partial charge in [-0.25, -0.2) is 4.98 Å². The minimum absolute atomic E-state index is 0.0359. The number of ketones is 1. The van der Waals surface area contributed by atoms with Gasteiger partial charge in [0.2, 0.25) is 11.7 Å². The number of carbonyl (C=O) groups excluding carboxylic acids is 2. The third kappa shape index (κ3) is 2.83. The second-order valence-electron chi connectivity index (χ2n) is 4.94. The van der Waals surface area contributed by atoms with E-state index < -0.39 is 0 Å². The molecule has 0 spiro atoms. The number of benzene rings is 1. The summed E-state index contributed by atoms with van der Waals surface area (Å²) in [6.45, 7) is 3.88. The molecule has 1 aliphatic heterocycles. The summed E-state index contributed by atoms with van der Waals surface area (Å²) < 4.78 is 5.48. The normalized spacial score (nSPS) is 14.7. The number of fused-ring (bicyclic) bond motifs is 1. The van der Waals surface area contributed by atoms with E-state index in [4.69, 9.17) is 4.74 Å². The molecule has 1 N–H and O–H groups in total. The van der Waals surface area contributed by atoms with Gasteiger partial charge in [-0.05, 0) is 19.1 Å². The first-order chi connectivity index (χ1) is 11.0. The number of aromatic hydroxyl groups is 1. The molecule has 118 valence electrons. The van der Waals surface area contributed by atoms with E-state index >= 15 is 0 Å². The zero-order valence-corrected chi connectivity index (χ0v) is 13.4. The molecular weight excluding hydrogens is 316 g/mol. The third-order valence-electron chi connectivity index (χ3n) is 3.37. The lowest BCUT2D eigenvalue weighted by Gasteiger charge is -2.14. The molecule has 3 rings (SSSR count). The number of nitrogens with zero attached hydrogens (tertiary/aromatic N) is 2. The molecule has 1 aliphatic rings. The number of carbonyl (C=O) groups is 2. The predicted molar refractivity (Wildman–Crippen MR) is 86.9 cm³/mol. The van der Waals surface area contributed by atoms with Crippen molar-refractivity contribution in [2.75, 3.05) is 11.4 Å². The van der Waals surface area contributed by atoms with Crippen LogP contribution in [0, 0.1) is 0 Å². The van der Waals surface area contributed by atoms with Crippen LogP contribution in [-0.4, -0.2) is 28.3 Å². The topological polar surface area (TPSA) is 79.7 Å². The maximum atomic E-state index is 12.3. The summed E-state index contributed by atoms with van der Waals surface area (Å²) in [5.41, 5.74) is 0.952. The Morgan fingerprint density at radius 1 is 1.48 bits per heavy atom. The molecule has 0 aliphatic carbocycles. The molecule has 6 nitrogen and oxygen atoms in total.